The van der Waals surface area contributed by atoms with Crippen LogP contribution in [0.3, 0.4) is 0 Å². The number of hydrogen-bond donors (Lipinski definition) is 0. The van der Waals surface area contributed by atoms with Crippen molar-refractivity contribution in [3.63, 3.8) is 0 Å². The predicted octanol–water partition coefficient (Wildman–Crippen LogP) is 4.22. The summed E-state index contributed by atoms with van der Waals surface area (Å²) in [6, 6.07) is 1.77. The fourth-order valence-electron chi connectivity index (χ4n) is 4.75. The number of nitrogens with zero attached hydrogens (tertiary/aromatic N) is 1. The second kappa shape index (κ2) is 5.30. The molecule has 1 nitrogen and oxygen atoms in total. The van der Waals surface area contributed by atoms with Crippen LogP contribution >= 0.6 is 0 Å². The molecule has 2 aliphatic heterocycles. The lowest BCUT2D eigenvalue weighted by Crippen LogP contribution is -2.61. The van der Waals surface area contributed by atoms with Crippen molar-refractivity contribution in [2.45, 2.75) is 78.3 Å². The molecule has 1 spiro atoms. The third kappa shape index (κ3) is 2.54. The highest BCUT2D eigenvalue weighted by molar-refractivity contribution is 4.77. The van der Waals surface area contributed by atoms with Gasteiger partial charge in [-0.25, -0.2) is 0 Å². The van der Waals surface area contributed by atoms with E-state index in [0.717, 1.165) is 23.9 Å². The molecule has 2 rings (SSSR count). The first kappa shape index (κ1) is 13.4. The summed E-state index contributed by atoms with van der Waals surface area (Å²) in [5.41, 5.74) is 0. The fourth-order valence-corrected chi connectivity index (χ4v) is 4.75. The molecular formula is C16H32N+. The van der Waals surface area contributed by atoms with Gasteiger partial charge in [-0.15, -0.1) is 0 Å². The average Bonchev–Trinajstić information content (AvgIpc) is 2.56. The number of rotatable bonds is 0. The summed E-state index contributed by atoms with van der Waals surface area (Å²) < 4.78 is 1.45. The smallest absolute Gasteiger partial charge is 0.0889 e. The summed E-state index contributed by atoms with van der Waals surface area (Å²) in [5, 5.41) is 0. The summed E-state index contributed by atoms with van der Waals surface area (Å²) in [5.74, 6) is 1.84. The van der Waals surface area contributed by atoms with E-state index >= 15 is 0 Å². The molecule has 0 aromatic rings. The molecule has 0 aromatic carbocycles. The lowest BCUT2D eigenvalue weighted by molar-refractivity contribution is -0.971. The molecule has 2 heterocycles. The molecule has 2 saturated heterocycles. The minimum absolute atomic E-state index is 0.882. The third-order valence-electron chi connectivity index (χ3n) is 5.93. The van der Waals surface area contributed by atoms with E-state index in [1.807, 2.05) is 0 Å². The van der Waals surface area contributed by atoms with Crippen molar-refractivity contribution in [1.29, 1.82) is 0 Å². The first-order valence-corrected chi connectivity index (χ1v) is 7.92. The van der Waals surface area contributed by atoms with Gasteiger partial charge in [0.25, 0.3) is 0 Å². The van der Waals surface area contributed by atoms with E-state index in [0.29, 0.717) is 0 Å². The molecule has 0 radical (unpaired) electrons. The van der Waals surface area contributed by atoms with E-state index in [-0.39, 0.29) is 0 Å². The second-order valence-corrected chi connectivity index (χ2v) is 7.11. The Balaban J connectivity index is 2.25. The van der Waals surface area contributed by atoms with Gasteiger partial charge in [0.15, 0.2) is 0 Å². The highest BCUT2D eigenvalue weighted by Crippen LogP contribution is 2.38. The topological polar surface area (TPSA) is 0 Å². The molecule has 0 amide bonds. The maximum absolute atomic E-state index is 2.55. The molecule has 2 fully saturated rings. The molecule has 17 heavy (non-hydrogen) atoms. The Labute approximate surface area is 108 Å². The monoisotopic (exact) mass is 238 g/mol. The maximum atomic E-state index is 2.55. The van der Waals surface area contributed by atoms with E-state index in [1.165, 1.54) is 56.1 Å². The standard InChI is InChI=1S/C16H32N/c1-13-11-14(2)16(4)17(15(3)12-13)9-7-5-6-8-10-17/h13-16H,5-12H2,1-4H3/q+1. The molecule has 1 heteroatoms. The van der Waals surface area contributed by atoms with Crippen LogP contribution < -0.4 is 0 Å². The van der Waals surface area contributed by atoms with Crippen molar-refractivity contribution in [3.8, 4) is 0 Å². The van der Waals surface area contributed by atoms with Gasteiger partial charge in [-0.2, -0.15) is 0 Å². The van der Waals surface area contributed by atoms with Gasteiger partial charge in [-0.05, 0) is 51.9 Å². The Morgan fingerprint density at radius 3 is 1.94 bits per heavy atom. The van der Waals surface area contributed by atoms with Crippen LogP contribution in [-0.2, 0) is 0 Å². The Bertz CT molecular complexity index is 240. The fraction of sp³-hybridized carbons (Fsp3) is 1.00. The Hall–Kier alpha value is -0.0400. The van der Waals surface area contributed by atoms with Gasteiger partial charge < -0.3 is 4.48 Å². The van der Waals surface area contributed by atoms with Gasteiger partial charge in [-0.1, -0.05) is 13.8 Å². The second-order valence-electron chi connectivity index (χ2n) is 7.11. The van der Waals surface area contributed by atoms with E-state index in [1.54, 1.807) is 0 Å². The zero-order chi connectivity index (χ0) is 12.5. The number of quaternary nitrogens is 1. The molecule has 0 saturated carbocycles. The Morgan fingerprint density at radius 1 is 0.765 bits per heavy atom. The summed E-state index contributed by atoms with van der Waals surface area (Å²) in [4.78, 5) is 0. The zero-order valence-electron chi connectivity index (χ0n) is 12.4. The van der Waals surface area contributed by atoms with Crippen LogP contribution in [0.4, 0.5) is 0 Å². The van der Waals surface area contributed by atoms with E-state index in [2.05, 4.69) is 27.7 Å². The predicted molar refractivity (Wildman–Crippen MR) is 74.9 cm³/mol. The zero-order valence-corrected chi connectivity index (χ0v) is 12.4. The van der Waals surface area contributed by atoms with Gasteiger partial charge in [0.2, 0.25) is 0 Å². The van der Waals surface area contributed by atoms with E-state index < -0.39 is 0 Å². The molecule has 0 aliphatic carbocycles. The molecule has 100 valence electrons. The minimum Gasteiger partial charge on any atom is -0.319 e. The molecule has 4 atom stereocenters. The molecule has 0 bridgehead atoms. The number of hydrogen-bond acceptors (Lipinski definition) is 0. The van der Waals surface area contributed by atoms with Gasteiger partial charge in [-0.3, -0.25) is 0 Å². The summed E-state index contributed by atoms with van der Waals surface area (Å²) in [6.45, 7) is 13.0. The average molecular weight is 238 g/mol. The van der Waals surface area contributed by atoms with Crippen LogP contribution in [0.25, 0.3) is 0 Å². The van der Waals surface area contributed by atoms with Crippen LogP contribution in [0.15, 0.2) is 0 Å². The van der Waals surface area contributed by atoms with Gasteiger partial charge in [0, 0.05) is 12.3 Å². The van der Waals surface area contributed by atoms with E-state index in [9.17, 15) is 0 Å². The molecule has 0 N–H and O–H groups in total. The molecule has 4 unspecified atom stereocenters. The van der Waals surface area contributed by atoms with Crippen LogP contribution in [0.1, 0.15) is 66.2 Å². The van der Waals surface area contributed by atoms with E-state index in [4.69, 9.17) is 0 Å². The normalized spacial score (nSPS) is 43.1. The summed E-state index contributed by atoms with van der Waals surface area (Å²) >= 11 is 0. The maximum Gasteiger partial charge on any atom is 0.0889 e. The molecular weight excluding hydrogens is 206 g/mol. The van der Waals surface area contributed by atoms with Crippen LogP contribution in [0.2, 0.25) is 0 Å². The van der Waals surface area contributed by atoms with Crippen molar-refractivity contribution in [2.24, 2.45) is 11.8 Å². The first-order chi connectivity index (χ1) is 8.06. The molecule has 0 aromatic heterocycles. The lowest BCUT2D eigenvalue weighted by atomic mass is 9.92. The van der Waals surface area contributed by atoms with Gasteiger partial charge >= 0.3 is 0 Å². The van der Waals surface area contributed by atoms with Crippen molar-refractivity contribution in [3.05, 3.63) is 0 Å². The minimum atomic E-state index is 0.882. The van der Waals surface area contributed by atoms with Gasteiger partial charge in [0.1, 0.15) is 0 Å². The third-order valence-corrected chi connectivity index (χ3v) is 5.93. The quantitative estimate of drug-likeness (QED) is 0.554. The summed E-state index contributed by atoms with van der Waals surface area (Å²) in [6.07, 6.45) is 8.79. The highest BCUT2D eigenvalue weighted by atomic mass is 15.4. The van der Waals surface area contributed by atoms with Crippen molar-refractivity contribution in [1.82, 2.24) is 0 Å². The van der Waals surface area contributed by atoms with Gasteiger partial charge in [0.05, 0.1) is 25.2 Å². The largest absolute Gasteiger partial charge is 0.319 e. The van der Waals surface area contributed by atoms with Crippen molar-refractivity contribution >= 4 is 0 Å². The van der Waals surface area contributed by atoms with Crippen LogP contribution in [0.5, 0.6) is 0 Å². The lowest BCUT2D eigenvalue weighted by Gasteiger charge is -2.48. The Morgan fingerprint density at radius 2 is 1.35 bits per heavy atom. The van der Waals surface area contributed by atoms with Crippen LogP contribution in [0, 0.1) is 11.8 Å². The highest BCUT2D eigenvalue weighted by Gasteiger charge is 2.44. The van der Waals surface area contributed by atoms with Crippen molar-refractivity contribution < 1.29 is 4.48 Å². The Kier molecular flexibility index (Phi) is 4.18. The summed E-state index contributed by atoms with van der Waals surface area (Å²) in [7, 11) is 0. The van der Waals surface area contributed by atoms with Crippen molar-refractivity contribution in [2.75, 3.05) is 13.1 Å². The van der Waals surface area contributed by atoms with Crippen LogP contribution in [-0.4, -0.2) is 29.7 Å². The first-order valence-electron chi connectivity index (χ1n) is 7.92. The molecule has 2 aliphatic rings. The SMILES string of the molecule is CC1CC(C)C(C)[N+]2(CCCCCC2)C(C)C1.